The van der Waals surface area contributed by atoms with E-state index in [0.29, 0.717) is 0 Å². The zero-order valence-corrected chi connectivity index (χ0v) is 7.52. The first-order valence-electron chi connectivity index (χ1n) is 4.63. The molecule has 3 nitrogen and oxygen atoms in total. The lowest BCUT2D eigenvalue weighted by molar-refractivity contribution is 0.00663. The highest BCUT2D eigenvalue weighted by molar-refractivity contribution is 5.14. The number of hydrogen-bond acceptors (Lipinski definition) is 3. The third-order valence-corrected chi connectivity index (χ3v) is 2.40. The fourth-order valence-corrected chi connectivity index (χ4v) is 1.63. The molecule has 2 atom stereocenters. The Balaban J connectivity index is 2.08. The van der Waals surface area contributed by atoms with E-state index in [1.54, 1.807) is 12.4 Å². The molecule has 0 aromatic carbocycles. The predicted molar refractivity (Wildman–Crippen MR) is 50.1 cm³/mol. The summed E-state index contributed by atoms with van der Waals surface area (Å²) < 4.78 is 5.63. The van der Waals surface area contributed by atoms with E-state index in [0.717, 1.165) is 19.4 Å². The van der Waals surface area contributed by atoms with Gasteiger partial charge in [0.25, 0.3) is 0 Å². The number of nitrogens with zero attached hydrogens (tertiary/aromatic N) is 1. The van der Waals surface area contributed by atoms with Gasteiger partial charge in [-0.3, -0.25) is 4.98 Å². The topological polar surface area (TPSA) is 48.1 Å². The summed E-state index contributed by atoms with van der Waals surface area (Å²) in [4.78, 5) is 3.97. The molecule has 0 radical (unpaired) electrons. The van der Waals surface area contributed by atoms with Crippen LogP contribution in [0.1, 0.15) is 24.5 Å². The number of nitrogens with two attached hydrogens (primary N) is 1. The van der Waals surface area contributed by atoms with Crippen molar-refractivity contribution in [1.29, 1.82) is 0 Å². The molecule has 0 saturated carbocycles. The van der Waals surface area contributed by atoms with Gasteiger partial charge in [-0.15, -0.1) is 0 Å². The number of pyridine rings is 1. The van der Waals surface area contributed by atoms with E-state index < -0.39 is 0 Å². The lowest BCUT2D eigenvalue weighted by Crippen LogP contribution is -2.30. The molecule has 70 valence electrons. The summed E-state index contributed by atoms with van der Waals surface area (Å²) in [6.45, 7) is 0.772. The van der Waals surface area contributed by atoms with Crippen LogP contribution in [0.3, 0.4) is 0 Å². The van der Waals surface area contributed by atoms with Crippen molar-refractivity contribution in [3.8, 4) is 0 Å². The molecule has 1 aromatic rings. The fraction of sp³-hybridized carbons (Fsp3) is 0.500. The molecule has 1 saturated heterocycles. The van der Waals surface area contributed by atoms with Crippen LogP contribution in [-0.4, -0.2) is 17.6 Å². The molecule has 0 amide bonds. The van der Waals surface area contributed by atoms with Gasteiger partial charge in [0.15, 0.2) is 0 Å². The molecule has 1 aliphatic rings. The van der Waals surface area contributed by atoms with Crippen LogP contribution in [0.25, 0.3) is 0 Å². The minimum Gasteiger partial charge on any atom is -0.373 e. The maximum absolute atomic E-state index is 5.87. The van der Waals surface area contributed by atoms with Gasteiger partial charge in [-0.05, 0) is 30.5 Å². The van der Waals surface area contributed by atoms with Crippen LogP contribution in [-0.2, 0) is 4.74 Å². The third-order valence-electron chi connectivity index (χ3n) is 2.40. The van der Waals surface area contributed by atoms with Gasteiger partial charge in [-0.25, -0.2) is 0 Å². The van der Waals surface area contributed by atoms with E-state index in [-0.39, 0.29) is 12.1 Å². The number of aromatic nitrogens is 1. The second-order valence-electron chi connectivity index (χ2n) is 3.42. The Hall–Kier alpha value is -0.930. The molecule has 1 fully saturated rings. The van der Waals surface area contributed by atoms with Crippen LogP contribution >= 0.6 is 0 Å². The van der Waals surface area contributed by atoms with Crippen molar-refractivity contribution in [2.24, 2.45) is 5.73 Å². The average Bonchev–Trinajstić information content (AvgIpc) is 2.19. The van der Waals surface area contributed by atoms with Gasteiger partial charge in [-0.1, -0.05) is 0 Å². The van der Waals surface area contributed by atoms with Gasteiger partial charge < -0.3 is 10.5 Å². The third kappa shape index (κ3) is 2.05. The Morgan fingerprint density at radius 3 is 2.85 bits per heavy atom. The SMILES string of the molecule is N[C@@H]1CCO[C@H](c2ccncc2)C1. The Kier molecular flexibility index (Phi) is 2.57. The zero-order valence-electron chi connectivity index (χ0n) is 7.52. The predicted octanol–water partition coefficient (Wildman–Crippen LogP) is 1.26. The van der Waals surface area contributed by atoms with E-state index in [1.807, 2.05) is 12.1 Å². The molecule has 0 aliphatic carbocycles. The van der Waals surface area contributed by atoms with E-state index >= 15 is 0 Å². The van der Waals surface area contributed by atoms with Crippen LogP contribution in [0.15, 0.2) is 24.5 Å². The van der Waals surface area contributed by atoms with Crippen molar-refractivity contribution in [1.82, 2.24) is 4.98 Å². The normalized spacial score (nSPS) is 28.7. The average molecular weight is 178 g/mol. The Morgan fingerprint density at radius 2 is 2.15 bits per heavy atom. The van der Waals surface area contributed by atoms with Crippen LogP contribution < -0.4 is 5.73 Å². The van der Waals surface area contributed by atoms with Crippen molar-refractivity contribution >= 4 is 0 Å². The standard InChI is InChI=1S/C10H14N2O/c11-9-3-6-13-10(7-9)8-1-4-12-5-2-8/h1-2,4-5,9-10H,3,6-7,11H2/t9-,10+/m1/s1. The van der Waals surface area contributed by atoms with Gasteiger partial charge in [0.2, 0.25) is 0 Å². The van der Waals surface area contributed by atoms with E-state index in [2.05, 4.69) is 4.98 Å². The summed E-state index contributed by atoms with van der Waals surface area (Å²) in [6.07, 6.45) is 5.65. The summed E-state index contributed by atoms with van der Waals surface area (Å²) in [5, 5.41) is 0. The smallest absolute Gasteiger partial charge is 0.0840 e. The Bertz CT molecular complexity index is 263. The molecule has 1 aliphatic heterocycles. The summed E-state index contributed by atoms with van der Waals surface area (Å²) in [6, 6.07) is 4.26. The molecule has 2 heterocycles. The van der Waals surface area contributed by atoms with Crippen LogP contribution in [0.4, 0.5) is 0 Å². The summed E-state index contributed by atoms with van der Waals surface area (Å²) >= 11 is 0. The van der Waals surface area contributed by atoms with Crippen LogP contribution in [0.5, 0.6) is 0 Å². The first-order chi connectivity index (χ1) is 6.36. The van der Waals surface area contributed by atoms with Gasteiger partial charge in [0.1, 0.15) is 0 Å². The summed E-state index contributed by atoms with van der Waals surface area (Å²) in [7, 11) is 0. The maximum Gasteiger partial charge on any atom is 0.0840 e. The minimum absolute atomic E-state index is 0.173. The van der Waals surface area contributed by atoms with E-state index in [4.69, 9.17) is 10.5 Å². The number of rotatable bonds is 1. The van der Waals surface area contributed by atoms with Crippen molar-refractivity contribution in [3.63, 3.8) is 0 Å². The molecule has 0 bridgehead atoms. The first-order valence-corrected chi connectivity index (χ1v) is 4.63. The highest BCUT2D eigenvalue weighted by Crippen LogP contribution is 2.26. The first kappa shape index (κ1) is 8.66. The van der Waals surface area contributed by atoms with Gasteiger partial charge in [-0.2, -0.15) is 0 Å². The second kappa shape index (κ2) is 3.85. The number of ether oxygens (including phenoxy) is 1. The largest absolute Gasteiger partial charge is 0.373 e. The highest BCUT2D eigenvalue weighted by atomic mass is 16.5. The lowest BCUT2D eigenvalue weighted by Gasteiger charge is -2.27. The van der Waals surface area contributed by atoms with Crippen molar-refractivity contribution < 1.29 is 4.74 Å². The van der Waals surface area contributed by atoms with Crippen LogP contribution in [0.2, 0.25) is 0 Å². The molecule has 0 spiro atoms. The summed E-state index contributed by atoms with van der Waals surface area (Å²) in [5.74, 6) is 0. The minimum atomic E-state index is 0.173. The monoisotopic (exact) mass is 178 g/mol. The van der Waals surface area contributed by atoms with E-state index in [9.17, 15) is 0 Å². The molecule has 2 N–H and O–H groups in total. The van der Waals surface area contributed by atoms with Crippen molar-refractivity contribution in [2.75, 3.05) is 6.61 Å². The molecular weight excluding hydrogens is 164 g/mol. The van der Waals surface area contributed by atoms with Gasteiger partial charge >= 0.3 is 0 Å². The fourth-order valence-electron chi connectivity index (χ4n) is 1.63. The quantitative estimate of drug-likeness (QED) is 0.704. The highest BCUT2D eigenvalue weighted by Gasteiger charge is 2.20. The molecule has 2 rings (SSSR count). The van der Waals surface area contributed by atoms with Crippen molar-refractivity contribution in [2.45, 2.75) is 25.0 Å². The lowest BCUT2D eigenvalue weighted by atomic mass is 9.99. The molecule has 1 aromatic heterocycles. The summed E-state index contributed by atoms with van der Waals surface area (Å²) in [5.41, 5.74) is 7.05. The van der Waals surface area contributed by atoms with E-state index in [1.165, 1.54) is 5.56 Å². The molecular formula is C10H14N2O. The molecule has 0 unspecified atom stereocenters. The second-order valence-corrected chi connectivity index (χ2v) is 3.42. The number of hydrogen-bond donors (Lipinski definition) is 1. The Morgan fingerprint density at radius 1 is 1.38 bits per heavy atom. The maximum atomic E-state index is 5.87. The van der Waals surface area contributed by atoms with Crippen LogP contribution in [0, 0.1) is 0 Å². The zero-order chi connectivity index (χ0) is 9.10. The van der Waals surface area contributed by atoms with Crippen molar-refractivity contribution in [3.05, 3.63) is 30.1 Å². The Labute approximate surface area is 77.9 Å². The molecule has 13 heavy (non-hydrogen) atoms. The van der Waals surface area contributed by atoms with Gasteiger partial charge in [0, 0.05) is 25.0 Å². The molecule has 3 heteroatoms. The van der Waals surface area contributed by atoms with Gasteiger partial charge in [0.05, 0.1) is 6.10 Å².